The lowest BCUT2D eigenvalue weighted by molar-refractivity contribution is -0.115. The van der Waals surface area contributed by atoms with E-state index in [1.165, 1.54) is 23.1 Å². The van der Waals surface area contributed by atoms with Crippen molar-refractivity contribution in [2.45, 2.75) is 35.5 Å². The zero-order valence-corrected chi connectivity index (χ0v) is 16.4. The van der Waals surface area contributed by atoms with E-state index in [-0.39, 0.29) is 17.3 Å². The predicted molar refractivity (Wildman–Crippen MR) is 104 cm³/mol. The van der Waals surface area contributed by atoms with Crippen LogP contribution in [0.5, 0.6) is 5.75 Å². The summed E-state index contributed by atoms with van der Waals surface area (Å²) in [6.45, 7) is 3.42. The van der Waals surface area contributed by atoms with Crippen molar-refractivity contribution < 1.29 is 14.3 Å². The minimum Gasteiger partial charge on any atom is -0.495 e. The molecule has 7 nitrogen and oxygen atoms in total. The third-order valence-electron chi connectivity index (χ3n) is 3.92. The van der Waals surface area contributed by atoms with Gasteiger partial charge in [-0.25, -0.2) is 0 Å². The molecule has 0 unspecified atom stereocenters. The molecule has 0 aliphatic carbocycles. The average molecular weight is 395 g/mol. The van der Waals surface area contributed by atoms with Crippen molar-refractivity contribution in [3.05, 3.63) is 24.3 Å². The molecule has 1 amide bonds. The number of ether oxygens (including phenoxy) is 2. The maximum atomic E-state index is 12.4. The molecule has 0 saturated carbocycles. The molecule has 1 aliphatic rings. The number of carbonyl (C=O) groups excluding carboxylic acids is 1. The van der Waals surface area contributed by atoms with Gasteiger partial charge in [0.25, 0.3) is 0 Å². The van der Waals surface area contributed by atoms with Gasteiger partial charge in [-0.05, 0) is 31.9 Å². The summed E-state index contributed by atoms with van der Waals surface area (Å²) in [5, 5.41) is 14.9. The topological polar surface area (TPSA) is 85.4 Å². The van der Waals surface area contributed by atoms with Crippen LogP contribution in [0, 0.1) is 0 Å². The van der Waals surface area contributed by atoms with Crippen LogP contribution >= 0.6 is 23.1 Å². The van der Waals surface area contributed by atoms with Crippen LogP contribution in [0.3, 0.4) is 0 Å². The van der Waals surface area contributed by atoms with Crippen LogP contribution in [0.1, 0.15) is 19.8 Å². The highest BCUT2D eigenvalue weighted by Gasteiger charge is 2.19. The number of nitrogens with zero attached hydrogens (tertiary/aromatic N) is 2. The van der Waals surface area contributed by atoms with Crippen molar-refractivity contribution in [2.75, 3.05) is 30.9 Å². The van der Waals surface area contributed by atoms with Crippen molar-refractivity contribution in [3.8, 4) is 5.75 Å². The first-order valence-corrected chi connectivity index (χ1v) is 10.1. The molecule has 1 aromatic heterocycles. The highest BCUT2D eigenvalue weighted by molar-refractivity contribution is 8.02. The Labute approximate surface area is 160 Å². The normalized spacial score (nSPS) is 17.7. The molecule has 9 heteroatoms. The van der Waals surface area contributed by atoms with Gasteiger partial charge in [0.1, 0.15) is 5.75 Å². The first-order chi connectivity index (χ1) is 12.7. The van der Waals surface area contributed by atoms with Crippen LogP contribution < -0.4 is 15.4 Å². The number of aromatic nitrogens is 2. The fraction of sp³-hybridized carbons (Fsp3) is 0.471. The van der Waals surface area contributed by atoms with E-state index in [4.69, 9.17) is 9.47 Å². The Morgan fingerprint density at radius 1 is 1.46 bits per heavy atom. The van der Waals surface area contributed by atoms with Crippen LogP contribution in [-0.2, 0) is 9.53 Å². The smallest absolute Gasteiger partial charge is 0.237 e. The van der Waals surface area contributed by atoms with Gasteiger partial charge >= 0.3 is 0 Å². The Morgan fingerprint density at radius 3 is 3.08 bits per heavy atom. The number of anilines is 2. The maximum Gasteiger partial charge on any atom is 0.237 e. The van der Waals surface area contributed by atoms with Crippen LogP contribution in [0.15, 0.2) is 28.6 Å². The summed E-state index contributed by atoms with van der Waals surface area (Å²) in [5.41, 5.74) is 0.656. The van der Waals surface area contributed by atoms with E-state index < -0.39 is 0 Å². The largest absolute Gasteiger partial charge is 0.495 e. The predicted octanol–water partition coefficient (Wildman–Crippen LogP) is 3.26. The molecule has 1 saturated heterocycles. The molecule has 2 atom stereocenters. The second-order valence-electron chi connectivity index (χ2n) is 5.84. The van der Waals surface area contributed by atoms with Crippen LogP contribution in [0.2, 0.25) is 0 Å². The molecule has 1 aliphatic heterocycles. The Kier molecular flexibility index (Phi) is 6.70. The van der Waals surface area contributed by atoms with Crippen molar-refractivity contribution in [3.63, 3.8) is 0 Å². The molecule has 2 aromatic rings. The third kappa shape index (κ3) is 5.09. The quantitative estimate of drug-likeness (QED) is 0.665. The molecule has 3 rings (SSSR count). The van der Waals surface area contributed by atoms with E-state index in [0.29, 0.717) is 11.4 Å². The van der Waals surface area contributed by atoms with E-state index in [2.05, 4.69) is 20.8 Å². The number of nitrogens with one attached hydrogen (secondary N) is 2. The minimum atomic E-state index is -0.307. The molecule has 0 radical (unpaired) electrons. The molecule has 2 heterocycles. The highest BCUT2D eigenvalue weighted by atomic mass is 32.2. The number of hydrogen-bond donors (Lipinski definition) is 2. The van der Waals surface area contributed by atoms with Gasteiger partial charge in [0.2, 0.25) is 11.0 Å². The van der Waals surface area contributed by atoms with Crippen molar-refractivity contribution >= 4 is 39.8 Å². The number of thioether (sulfide) groups is 1. The van der Waals surface area contributed by atoms with Gasteiger partial charge in [0.05, 0.1) is 24.2 Å². The Bertz CT molecular complexity index is 734. The molecule has 0 bridgehead atoms. The van der Waals surface area contributed by atoms with E-state index in [0.717, 1.165) is 35.5 Å². The molecular formula is C17H22N4O3S2. The SMILES string of the molecule is COc1ccccc1NC(=O)[C@@H](C)Sc1nnc(NC[C@H]2CCCO2)s1. The molecule has 140 valence electrons. The first-order valence-electron chi connectivity index (χ1n) is 8.45. The number of para-hydroxylation sites is 2. The van der Waals surface area contributed by atoms with Crippen LogP contribution in [-0.4, -0.2) is 47.7 Å². The molecule has 2 N–H and O–H groups in total. The molecule has 26 heavy (non-hydrogen) atoms. The average Bonchev–Trinajstić information content (AvgIpc) is 3.32. The zero-order chi connectivity index (χ0) is 18.4. The fourth-order valence-electron chi connectivity index (χ4n) is 2.52. The van der Waals surface area contributed by atoms with Gasteiger partial charge in [-0.1, -0.05) is 35.2 Å². The van der Waals surface area contributed by atoms with Crippen LogP contribution in [0.4, 0.5) is 10.8 Å². The lowest BCUT2D eigenvalue weighted by atomic mass is 10.2. The monoisotopic (exact) mass is 394 g/mol. The Hall–Kier alpha value is -1.84. The van der Waals surface area contributed by atoms with Crippen molar-refractivity contribution in [1.82, 2.24) is 10.2 Å². The summed E-state index contributed by atoms with van der Waals surface area (Å²) in [7, 11) is 1.58. The lowest BCUT2D eigenvalue weighted by Crippen LogP contribution is -2.22. The standard InChI is InChI=1S/C17H22N4O3S2/c1-11(15(22)19-13-7-3-4-8-14(13)23-2)25-17-21-20-16(26-17)18-10-12-6-5-9-24-12/h3-4,7-8,11-12H,5-6,9-10H2,1-2H3,(H,18,20)(H,19,22)/t11-,12-/m1/s1. The fourth-order valence-corrected chi connectivity index (χ4v) is 4.43. The Morgan fingerprint density at radius 2 is 2.31 bits per heavy atom. The van der Waals surface area contributed by atoms with Gasteiger partial charge in [0, 0.05) is 13.2 Å². The second-order valence-corrected chi connectivity index (χ2v) is 8.40. The second kappa shape index (κ2) is 9.20. The molecule has 1 aromatic carbocycles. The van der Waals surface area contributed by atoms with E-state index in [9.17, 15) is 4.79 Å². The molecular weight excluding hydrogens is 372 g/mol. The van der Waals surface area contributed by atoms with E-state index >= 15 is 0 Å². The first kappa shape index (κ1) is 18.9. The highest BCUT2D eigenvalue weighted by Crippen LogP contribution is 2.30. The summed E-state index contributed by atoms with van der Waals surface area (Å²) >= 11 is 2.83. The minimum absolute atomic E-state index is 0.108. The summed E-state index contributed by atoms with van der Waals surface area (Å²) in [5.74, 6) is 0.526. The van der Waals surface area contributed by atoms with Crippen LogP contribution in [0.25, 0.3) is 0 Å². The zero-order valence-electron chi connectivity index (χ0n) is 14.7. The van der Waals surface area contributed by atoms with Crippen molar-refractivity contribution in [1.29, 1.82) is 0 Å². The van der Waals surface area contributed by atoms with Crippen molar-refractivity contribution in [2.24, 2.45) is 0 Å². The number of carbonyl (C=O) groups is 1. The summed E-state index contributed by atoms with van der Waals surface area (Å²) in [6, 6.07) is 7.34. The number of hydrogen-bond acceptors (Lipinski definition) is 8. The number of benzene rings is 1. The van der Waals surface area contributed by atoms with Gasteiger partial charge in [-0.15, -0.1) is 10.2 Å². The van der Waals surface area contributed by atoms with E-state index in [1.54, 1.807) is 7.11 Å². The number of methoxy groups -OCH3 is 1. The van der Waals surface area contributed by atoms with Gasteiger partial charge in [-0.2, -0.15) is 0 Å². The summed E-state index contributed by atoms with van der Waals surface area (Å²) in [4.78, 5) is 12.4. The molecule has 0 spiro atoms. The Balaban J connectivity index is 1.50. The maximum absolute atomic E-state index is 12.4. The van der Waals surface area contributed by atoms with E-state index in [1.807, 2.05) is 31.2 Å². The summed E-state index contributed by atoms with van der Waals surface area (Å²) in [6.07, 6.45) is 2.44. The van der Waals surface area contributed by atoms with Gasteiger partial charge < -0.3 is 20.1 Å². The van der Waals surface area contributed by atoms with Gasteiger partial charge in [-0.3, -0.25) is 4.79 Å². The lowest BCUT2D eigenvalue weighted by Gasteiger charge is -2.12. The number of amides is 1. The summed E-state index contributed by atoms with van der Waals surface area (Å²) < 4.78 is 11.6. The molecule has 1 fully saturated rings. The third-order valence-corrected chi connectivity index (χ3v) is 5.99. The number of rotatable bonds is 8. The van der Waals surface area contributed by atoms with Gasteiger partial charge in [0.15, 0.2) is 4.34 Å².